The van der Waals surface area contributed by atoms with Crippen molar-refractivity contribution in [1.82, 2.24) is 15.1 Å². The Balaban J connectivity index is 2.03. The number of nitrogens with one attached hydrogen (secondary N) is 1. The lowest BCUT2D eigenvalue weighted by molar-refractivity contribution is 0.0945. The van der Waals surface area contributed by atoms with Gasteiger partial charge in [-0.1, -0.05) is 29.8 Å². The van der Waals surface area contributed by atoms with Crippen LogP contribution in [0.1, 0.15) is 28.7 Å². The molecule has 0 aliphatic heterocycles. The van der Waals surface area contributed by atoms with Crippen LogP contribution in [0.15, 0.2) is 30.3 Å². The van der Waals surface area contributed by atoms with E-state index in [9.17, 15) is 4.79 Å². The van der Waals surface area contributed by atoms with E-state index in [1.165, 1.54) is 0 Å². The van der Waals surface area contributed by atoms with Crippen molar-refractivity contribution >= 4 is 17.5 Å². The maximum Gasteiger partial charge on any atom is 0.272 e. The van der Waals surface area contributed by atoms with Gasteiger partial charge in [0.1, 0.15) is 5.69 Å². The molecule has 2 aromatic rings. The fourth-order valence-electron chi connectivity index (χ4n) is 1.85. The van der Waals surface area contributed by atoms with Gasteiger partial charge < -0.3 is 5.32 Å². The van der Waals surface area contributed by atoms with Crippen LogP contribution >= 0.6 is 11.6 Å². The van der Waals surface area contributed by atoms with E-state index in [0.29, 0.717) is 17.3 Å². The molecule has 1 amide bonds. The van der Waals surface area contributed by atoms with E-state index in [4.69, 9.17) is 11.6 Å². The molecule has 0 aliphatic rings. The number of aryl methyl sites for hydroxylation is 2. The van der Waals surface area contributed by atoms with Crippen LogP contribution in [0.2, 0.25) is 5.02 Å². The van der Waals surface area contributed by atoms with Crippen LogP contribution in [0, 0.1) is 6.92 Å². The normalized spacial score (nSPS) is 10.5. The van der Waals surface area contributed by atoms with Crippen molar-refractivity contribution in [2.45, 2.75) is 26.9 Å². The van der Waals surface area contributed by atoms with E-state index < -0.39 is 0 Å². The lowest BCUT2D eigenvalue weighted by Crippen LogP contribution is -2.23. The van der Waals surface area contributed by atoms with Gasteiger partial charge in [0.25, 0.3) is 5.91 Å². The van der Waals surface area contributed by atoms with Crippen LogP contribution in [0.25, 0.3) is 0 Å². The lowest BCUT2D eigenvalue weighted by Gasteiger charge is -2.05. The molecule has 0 saturated carbocycles. The van der Waals surface area contributed by atoms with E-state index in [-0.39, 0.29) is 5.91 Å². The molecule has 2 rings (SSSR count). The summed E-state index contributed by atoms with van der Waals surface area (Å²) in [5.41, 5.74) is 2.31. The van der Waals surface area contributed by atoms with Crippen LogP contribution in [-0.4, -0.2) is 15.7 Å². The third-order valence-electron chi connectivity index (χ3n) is 2.91. The molecule has 1 aromatic heterocycles. The average molecular weight is 278 g/mol. The molecule has 5 heteroatoms. The molecule has 0 unspecified atom stereocenters. The quantitative estimate of drug-likeness (QED) is 0.934. The predicted molar refractivity (Wildman–Crippen MR) is 75.3 cm³/mol. The zero-order valence-electron chi connectivity index (χ0n) is 11.0. The molecular weight excluding hydrogens is 262 g/mol. The van der Waals surface area contributed by atoms with Gasteiger partial charge in [-0.15, -0.1) is 0 Å². The van der Waals surface area contributed by atoms with Crippen LogP contribution in [-0.2, 0) is 13.1 Å². The number of hydrogen-bond donors (Lipinski definition) is 1. The Morgan fingerprint density at radius 2 is 2.16 bits per heavy atom. The first kappa shape index (κ1) is 13.6. The highest BCUT2D eigenvalue weighted by atomic mass is 35.5. The molecular formula is C14H16ClN3O. The summed E-state index contributed by atoms with van der Waals surface area (Å²) in [7, 11) is 0. The minimum atomic E-state index is -0.185. The van der Waals surface area contributed by atoms with E-state index in [1.807, 2.05) is 32.0 Å². The molecule has 1 N–H and O–H groups in total. The number of benzene rings is 1. The summed E-state index contributed by atoms with van der Waals surface area (Å²) >= 11 is 6.03. The van der Waals surface area contributed by atoms with Crippen molar-refractivity contribution in [3.8, 4) is 0 Å². The van der Waals surface area contributed by atoms with Crippen molar-refractivity contribution in [1.29, 1.82) is 0 Å². The van der Waals surface area contributed by atoms with Crippen molar-refractivity contribution in [2.24, 2.45) is 0 Å². The Morgan fingerprint density at radius 3 is 2.79 bits per heavy atom. The molecule has 1 heterocycles. The average Bonchev–Trinajstić information content (AvgIpc) is 2.79. The Labute approximate surface area is 117 Å². The van der Waals surface area contributed by atoms with Gasteiger partial charge in [0, 0.05) is 23.8 Å². The van der Waals surface area contributed by atoms with Crippen molar-refractivity contribution in [3.05, 3.63) is 52.3 Å². The fourth-order valence-corrected chi connectivity index (χ4v) is 2.05. The molecule has 0 spiro atoms. The van der Waals surface area contributed by atoms with Crippen LogP contribution < -0.4 is 5.32 Å². The molecule has 19 heavy (non-hydrogen) atoms. The number of carbonyl (C=O) groups is 1. The summed E-state index contributed by atoms with van der Waals surface area (Å²) in [4.78, 5) is 12.0. The van der Waals surface area contributed by atoms with E-state index in [0.717, 1.165) is 17.8 Å². The first-order chi connectivity index (χ1) is 9.11. The monoisotopic (exact) mass is 277 g/mol. The molecule has 100 valence electrons. The summed E-state index contributed by atoms with van der Waals surface area (Å²) in [5.74, 6) is -0.185. The minimum Gasteiger partial charge on any atom is -0.347 e. The highest BCUT2D eigenvalue weighted by molar-refractivity contribution is 6.31. The Hall–Kier alpha value is -1.81. The maximum absolute atomic E-state index is 12.0. The Bertz CT molecular complexity index is 592. The topological polar surface area (TPSA) is 46.9 Å². The zero-order chi connectivity index (χ0) is 13.8. The van der Waals surface area contributed by atoms with Gasteiger partial charge in [-0.25, -0.2) is 0 Å². The number of hydrogen-bond acceptors (Lipinski definition) is 2. The number of aromatic nitrogens is 2. The van der Waals surface area contributed by atoms with Gasteiger partial charge in [-0.05, 0) is 31.5 Å². The van der Waals surface area contributed by atoms with Crippen molar-refractivity contribution < 1.29 is 4.79 Å². The molecule has 0 atom stereocenters. The second-order valence-electron chi connectivity index (χ2n) is 4.26. The summed E-state index contributed by atoms with van der Waals surface area (Å²) < 4.78 is 1.80. The standard InChI is InChI=1S/C14H16ClN3O/c1-3-18-10(2)8-13(17-18)14(19)16-9-11-6-4-5-7-12(11)15/h4-8H,3,9H2,1-2H3,(H,16,19). The number of nitrogens with zero attached hydrogens (tertiary/aromatic N) is 2. The van der Waals surface area contributed by atoms with E-state index in [2.05, 4.69) is 10.4 Å². The number of carbonyl (C=O) groups excluding carboxylic acids is 1. The zero-order valence-corrected chi connectivity index (χ0v) is 11.7. The summed E-state index contributed by atoms with van der Waals surface area (Å²) in [6.45, 7) is 5.08. The third-order valence-corrected chi connectivity index (χ3v) is 3.28. The van der Waals surface area contributed by atoms with E-state index in [1.54, 1.807) is 16.8 Å². The van der Waals surface area contributed by atoms with Crippen LogP contribution in [0.4, 0.5) is 0 Å². The Kier molecular flexibility index (Phi) is 4.22. The van der Waals surface area contributed by atoms with Gasteiger partial charge in [0.15, 0.2) is 0 Å². The van der Waals surface area contributed by atoms with Gasteiger partial charge in [0.2, 0.25) is 0 Å². The number of amides is 1. The van der Waals surface area contributed by atoms with Gasteiger partial charge in [-0.3, -0.25) is 9.48 Å². The molecule has 0 saturated heterocycles. The SMILES string of the molecule is CCn1nc(C(=O)NCc2ccccc2Cl)cc1C. The summed E-state index contributed by atoms with van der Waals surface area (Å²) in [5, 5.41) is 7.71. The molecule has 0 fully saturated rings. The van der Waals surface area contributed by atoms with Crippen molar-refractivity contribution in [2.75, 3.05) is 0 Å². The smallest absolute Gasteiger partial charge is 0.272 e. The number of halogens is 1. The highest BCUT2D eigenvalue weighted by Crippen LogP contribution is 2.14. The molecule has 4 nitrogen and oxygen atoms in total. The minimum absolute atomic E-state index is 0.185. The van der Waals surface area contributed by atoms with Crippen LogP contribution in [0.3, 0.4) is 0 Å². The second kappa shape index (κ2) is 5.89. The summed E-state index contributed by atoms with van der Waals surface area (Å²) in [6, 6.07) is 9.23. The molecule has 1 aromatic carbocycles. The predicted octanol–water partition coefficient (Wildman–Crippen LogP) is 2.79. The molecule has 0 bridgehead atoms. The molecule has 0 aliphatic carbocycles. The molecule has 0 radical (unpaired) electrons. The van der Waals surface area contributed by atoms with Gasteiger partial charge >= 0.3 is 0 Å². The van der Waals surface area contributed by atoms with Gasteiger partial charge in [0.05, 0.1) is 0 Å². The third kappa shape index (κ3) is 3.15. The highest BCUT2D eigenvalue weighted by Gasteiger charge is 2.11. The van der Waals surface area contributed by atoms with Crippen LogP contribution in [0.5, 0.6) is 0 Å². The first-order valence-electron chi connectivity index (χ1n) is 6.18. The Morgan fingerprint density at radius 1 is 1.42 bits per heavy atom. The lowest BCUT2D eigenvalue weighted by atomic mass is 10.2. The fraction of sp³-hybridized carbons (Fsp3) is 0.286. The maximum atomic E-state index is 12.0. The largest absolute Gasteiger partial charge is 0.347 e. The summed E-state index contributed by atoms with van der Waals surface area (Å²) in [6.07, 6.45) is 0. The number of rotatable bonds is 4. The second-order valence-corrected chi connectivity index (χ2v) is 4.67. The van der Waals surface area contributed by atoms with E-state index >= 15 is 0 Å². The van der Waals surface area contributed by atoms with Crippen molar-refractivity contribution in [3.63, 3.8) is 0 Å². The first-order valence-corrected chi connectivity index (χ1v) is 6.55. The van der Waals surface area contributed by atoms with Gasteiger partial charge in [-0.2, -0.15) is 5.10 Å².